The van der Waals surface area contributed by atoms with Crippen molar-refractivity contribution in [2.24, 2.45) is 5.41 Å². The van der Waals surface area contributed by atoms with Gasteiger partial charge in [-0.25, -0.2) is 9.97 Å². The molecule has 1 fully saturated rings. The van der Waals surface area contributed by atoms with Gasteiger partial charge in [0.15, 0.2) is 5.16 Å². The van der Waals surface area contributed by atoms with Gasteiger partial charge in [0, 0.05) is 25.7 Å². The Balaban J connectivity index is 2.12. The van der Waals surface area contributed by atoms with Crippen molar-refractivity contribution < 1.29 is 0 Å². The van der Waals surface area contributed by atoms with E-state index in [1.807, 2.05) is 6.26 Å². The summed E-state index contributed by atoms with van der Waals surface area (Å²) in [5.41, 5.74) is 0.509. The Hall–Kier alpha value is -0.970. The summed E-state index contributed by atoms with van der Waals surface area (Å²) >= 11 is 1.61. The van der Waals surface area contributed by atoms with Crippen molar-refractivity contribution in [2.75, 3.05) is 36.1 Å². The van der Waals surface area contributed by atoms with Crippen molar-refractivity contribution >= 4 is 23.4 Å². The number of hydrogen-bond acceptors (Lipinski definition) is 5. The standard InChI is InChI=1S/C16H28N4S/c1-5-9-17-13-12-14(19-15(18-13)21-4)20-10-7-16(3,6-2)8-11-20/h12H,5-11H2,1-4H3,(H,17,18,19). The van der Waals surface area contributed by atoms with Crippen molar-refractivity contribution in [3.63, 3.8) is 0 Å². The molecular formula is C16H28N4S. The van der Waals surface area contributed by atoms with Crippen LogP contribution in [-0.2, 0) is 0 Å². The zero-order valence-electron chi connectivity index (χ0n) is 13.8. The maximum atomic E-state index is 4.70. The first-order chi connectivity index (χ1) is 10.1. The Morgan fingerprint density at radius 2 is 2.00 bits per heavy atom. The topological polar surface area (TPSA) is 41.0 Å². The minimum atomic E-state index is 0.509. The lowest BCUT2D eigenvalue weighted by Gasteiger charge is -2.39. The summed E-state index contributed by atoms with van der Waals surface area (Å²) in [5, 5.41) is 4.24. The Morgan fingerprint density at radius 1 is 1.29 bits per heavy atom. The van der Waals surface area contributed by atoms with Crippen LogP contribution in [0.3, 0.4) is 0 Å². The normalized spacial score (nSPS) is 17.8. The third-order valence-corrected chi connectivity index (χ3v) is 5.13. The molecule has 1 N–H and O–H groups in total. The molecule has 0 aliphatic carbocycles. The summed E-state index contributed by atoms with van der Waals surface area (Å²) in [6.07, 6.45) is 6.91. The van der Waals surface area contributed by atoms with Crippen LogP contribution in [0.5, 0.6) is 0 Å². The molecule has 0 amide bonds. The first kappa shape index (κ1) is 16.4. The molecule has 1 aliphatic rings. The minimum absolute atomic E-state index is 0.509. The molecule has 2 rings (SSSR count). The Kier molecular flexibility index (Phi) is 5.73. The summed E-state index contributed by atoms with van der Waals surface area (Å²) in [6, 6.07) is 2.10. The number of hydrogen-bond donors (Lipinski definition) is 1. The summed E-state index contributed by atoms with van der Waals surface area (Å²) < 4.78 is 0. The zero-order valence-corrected chi connectivity index (χ0v) is 14.6. The Bertz CT molecular complexity index is 456. The largest absolute Gasteiger partial charge is 0.370 e. The van der Waals surface area contributed by atoms with Crippen molar-refractivity contribution in [1.82, 2.24) is 9.97 Å². The highest BCUT2D eigenvalue weighted by molar-refractivity contribution is 7.98. The zero-order chi connectivity index (χ0) is 15.3. The van der Waals surface area contributed by atoms with Gasteiger partial charge in [-0.15, -0.1) is 0 Å². The van der Waals surface area contributed by atoms with E-state index in [0.29, 0.717) is 5.41 Å². The fourth-order valence-electron chi connectivity index (χ4n) is 2.64. The monoisotopic (exact) mass is 308 g/mol. The predicted molar refractivity (Wildman–Crippen MR) is 92.4 cm³/mol. The lowest BCUT2D eigenvalue weighted by Crippen LogP contribution is -2.39. The van der Waals surface area contributed by atoms with E-state index in [2.05, 4.69) is 42.0 Å². The quantitative estimate of drug-likeness (QED) is 0.634. The van der Waals surface area contributed by atoms with Gasteiger partial charge in [0.25, 0.3) is 0 Å². The first-order valence-corrected chi connectivity index (χ1v) is 9.24. The highest BCUT2D eigenvalue weighted by atomic mass is 32.2. The second-order valence-corrected chi connectivity index (χ2v) is 6.95. The van der Waals surface area contributed by atoms with E-state index < -0.39 is 0 Å². The van der Waals surface area contributed by atoms with Gasteiger partial charge in [-0.1, -0.05) is 39.0 Å². The minimum Gasteiger partial charge on any atom is -0.370 e. The smallest absolute Gasteiger partial charge is 0.191 e. The summed E-state index contributed by atoms with van der Waals surface area (Å²) in [7, 11) is 0. The first-order valence-electron chi connectivity index (χ1n) is 8.02. The number of piperidine rings is 1. The molecule has 0 spiro atoms. The predicted octanol–water partition coefficient (Wildman–Crippen LogP) is 4.04. The summed E-state index contributed by atoms with van der Waals surface area (Å²) in [5.74, 6) is 2.03. The van der Waals surface area contributed by atoms with Crippen LogP contribution >= 0.6 is 11.8 Å². The van der Waals surface area contributed by atoms with E-state index in [9.17, 15) is 0 Å². The second kappa shape index (κ2) is 7.34. The van der Waals surface area contributed by atoms with Crippen LogP contribution < -0.4 is 10.2 Å². The summed E-state index contributed by atoms with van der Waals surface area (Å²) in [6.45, 7) is 10.0. The van der Waals surface area contributed by atoms with Crippen LogP contribution in [0.25, 0.3) is 0 Å². The third kappa shape index (κ3) is 4.25. The van der Waals surface area contributed by atoms with Crippen molar-refractivity contribution in [1.29, 1.82) is 0 Å². The number of thioether (sulfide) groups is 1. The molecular weight excluding hydrogens is 280 g/mol. The number of anilines is 2. The van der Waals surface area contributed by atoms with E-state index in [1.165, 1.54) is 19.3 Å². The van der Waals surface area contributed by atoms with E-state index in [0.717, 1.165) is 42.8 Å². The van der Waals surface area contributed by atoms with Crippen molar-refractivity contribution in [2.45, 2.75) is 51.6 Å². The molecule has 1 saturated heterocycles. The SMILES string of the molecule is CCCNc1cc(N2CCC(C)(CC)CC2)nc(SC)n1. The lowest BCUT2D eigenvalue weighted by atomic mass is 9.78. The van der Waals surface area contributed by atoms with E-state index in [1.54, 1.807) is 11.8 Å². The van der Waals surface area contributed by atoms with Gasteiger partial charge in [0.1, 0.15) is 11.6 Å². The second-order valence-electron chi connectivity index (χ2n) is 6.18. The van der Waals surface area contributed by atoms with E-state index in [4.69, 9.17) is 4.98 Å². The molecule has 0 atom stereocenters. The lowest BCUT2D eigenvalue weighted by molar-refractivity contribution is 0.237. The number of nitrogens with one attached hydrogen (secondary N) is 1. The molecule has 0 unspecified atom stereocenters. The van der Waals surface area contributed by atoms with Crippen molar-refractivity contribution in [3.8, 4) is 0 Å². The maximum absolute atomic E-state index is 4.70. The number of nitrogens with zero attached hydrogens (tertiary/aromatic N) is 3. The number of rotatable bonds is 6. The molecule has 118 valence electrons. The van der Waals surface area contributed by atoms with Crippen LogP contribution in [0.2, 0.25) is 0 Å². The molecule has 0 radical (unpaired) electrons. The fourth-order valence-corrected chi connectivity index (χ4v) is 3.01. The highest BCUT2D eigenvalue weighted by Crippen LogP contribution is 2.35. The molecule has 0 bridgehead atoms. The molecule has 2 heterocycles. The summed E-state index contributed by atoms with van der Waals surface area (Å²) in [4.78, 5) is 11.7. The van der Waals surface area contributed by atoms with Gasteiger partial charge in [-0.05, 0) is 30.9 Å². The Labute approximate surface area is 133 Å². The van der Waals surface area contributed by atoms with Gasteiger partial charge in [0.2, 0.25) is 0 Å². The molecule has 1 aliphatic heterocycles. The fraction of sp³-hybridized carbons (Fsp3) is 0.750. The van der Waals surface area contributed by atoms with Crippen LogP contribution in [0, 0.1) is 5.41 Å². The molecule has 5 heteroatoms. The molecule has 0 aromatic carbocycles. The third-order valence-electron chi connectivity index (χ3n) is 4.58. The van der Waals surface area contributed by atoms with Gasteiger partial charge in [0.05, 0.1) is 0 Å². The van der Waals surface area contributed by atoms with Gasteiger partial charge in [-0.2, -0.15) is 0 Å². The van der Waals surface area contributed by atoms with Crippen molar-refractivity contribution in [3.05, 3.63) is 6.07 Å². The molecule has 21 heavy (non-hydrogen) atoms. The van der Waals surface area contributed by atoms with E-state index in [-0.39, 0.29) is 0 Å². The molecule has 1 aromatic heterocycles. The molecule has 4 nitrogen and oxygen atoms in total. The Morgan fingerprint density at radius 3 is 2.57 bits per heavy atom. The molecule has 1 aromatic rings. The molecule has 0 saturated carbocycles. The maximum Gasteiger partial charge on any atom is 0.191 e. The van der Waals surface area contributed by atoms with Gasteiger partial charge in [-0.3, -0.25) is 0 Å². The van der Waals surface area contributed by atoms with E-state index >= 15 is 0 Å². The highest BCUT2D eigenvalue weighted by Gasteiger charge is 2.29. The van der Waals surface area contributed by atoms with Gasteiger partial charge >= 0.3 is 0 Å². The number of aromatic nitrogens is 2. The van der Waals surface area contributed by atoms with Crippen LogP contribution in [-0.4, -0.2) is 35.9 Å². The van der Waals surface area contributed by atoms with Gasteiger partial charge < -0.3 is 10.2 Å². The van der Waals surface area contributed by atoms with Crippen LogP contribution in [0.15, 0.2) is 11.2 Å². The van der Waals surface area contributed by atoms with Crippen LogP contribution in [0.4, 0.5) is 11.6 Å². The average Bonchev–Trinajstić information content (AvgIpc) is 2.53. The van der Waals surface area contributed by atoms with Crippen LogP contribution in [0.1, 0.15) is 46.5 Å². The average molecular weight is 308 g/mol.